The van der Waals surface area contributed by atoms with Crippen LogP contribution in [-0.4, -0.2) is 6.04 Å². The van der Waals surface area contributed by atoms with Crippen molar-refractivity contribution in [1.82, 2.24) is 0 Å². The zero-order chi connectivity index (χ0) is 12.3. The maximum Gasteiger partial charge on any atom is 0.146 e. The van der Waals surface area contributed by atoms with Gasteiger partial charge in [-0.1, -0.05) is 0 Å². The van der Waals surface area contributed by atoms with E-state index in [2.05, 4.69) is 11.4 Å². The molecule has 1 fully saturated rings. The van der Waals surface area contributed by atoms with Crippen LogP contribution >= 0.6 is 0 Å². The van der Waals surface area contributed by atoms with Gasteiger partial charge in [0.05, 0.1) is 11.8 Å². The third kappa shape index (κ3) is 2.94. The van der Waals surface area contributed by atoms with Crippen molar-refractivity contribution in [2.45, 2.75) is 31.7 Å². The molecule has 0 unspecified atom stereocenters. The molecule has 4 heteroatoms. The van der Waals surface area contributed by atoms with E-state index in [-0.39, 0.29) is 17.6 Å². The Morgan fingerprint density at radius 3 is 2.53 bits per heavy atom. The minimum Gasteiger partial charge on any atom is -0.380 e. The summed E-state index contributed by atoms with van der Waals surface area (Å²) in [7, 11) is 0. The summed E-state index contributed by atoms with van der Waals surface area (Å²) in [6.07, 6.45) is 3.30. The van der Waals surface area contributed by atoms with Gasteiger partial charge in [-0.15, -0.1) is 0 Å². The Morgan fingerprint density at radius 2 is 1.88 bits per heavy atom. The van der Waals surface area contributed by atoms with Gasteiger partial charge in [0.15, 0.2) is 0 Å². The minimum atomic E-state index is -0.445. The highest BCUT2D eigenvalue weighted by molar-refractivity contribution is 5.45. The minimum absolute atomic E-state index is 0.116. The number of hydrogen-bond donors (Lipinski definition) is 1. The molecule has 17 heavy (non-hydrogen) atoms. The third-order valence-electron chi connectivity index (χ3n) is 3.20. The molecule has 1 aromatic carbocycles. The number of anilines is 1. The quantitative estimate of drug-likeness (QED) is 0.853. The molecule has 90 valence electrons. The smallest absolute Gasteiger partial charge is 0.146 e. The fourth-order valence-corrected chi connectivity index (χ4v) is 2.19. The SMILES string of the molecule is N#CC1CCC(Nc2cc(F)ccc2F)CC1. The van der Waals surface area contributed by atoms with Crippen LogP contribution in [0.4, 0.5) is 14.5 Å². The number of rotatable bonds is 2. The molecule has 1 saturated carbocycles. The maximum atomic E-state index is 13.4. The Kier molecular flexibility index (Phi) is 3.58. The largest absolute Gasteiger partial charge is 0.380 e. The lowest BCUT2D eigenvalue weighted by Crippen LogP contribution is -2.26. The first-order valence-corrected chi connectivity index (χ1v) is 5.80. The maximum absolute atomic E-state index is 13.4. The van der Waals surface area contributed by atoms with Gasteiger partial charge in [-0.3, -0.25) is 0 Å². The van der Waals surface area contributed by atoms with Gasteiger partial charge in [-0.05, 0) is 43.9 Å². The highest BCUT2D eigenvalue weighted by Crippen LogP contribution is 2.27. The van der Waals surface area contributed by atoms with Crippen LogP contribution in [0.15, 0.2) is 18.2 Å². The number of halogens is 2. The van der Waals surface area contributed by atoms with E-state index in [1.807, 2.05) is 0 Å². The summed E-state index contributed by atoms with van der Waals surface area (Å²) in [4.78, 5) is 0. The van der Waals surface area contributed by atoms with Crippen molar-refractivity contribution in [3.63, 3.8) is 0 Å². The molecule has 0 aliphatic heterocycles. The Bertz CT molecular complexity index is 432. The van der Waals surface area contributed by atoms with E-state index >= 15 is 0 Å². The molecule has 1 aliphatic rings. The lowest BCUT2D eigenvalue weighted by atomic mass is 9.87. The van der Waals surface area contributed by atoms with Crippen molar-refractivity contribution < 1.29 is 8.78 Å². The zero-order valence-corrected chi connectivity index (χ0v) is 9.42. The summed E-state index contributed by atoms with van der Waals surface area (Å²) in [6, 6.07) is 5.78. The highest BCUT2D eigenvalue weighted by Gasteiger charge is 2.21. The second-order valence-corrected chi connectivity index (χ2v) is 4.45. The van der Waals surface area contributed by atoms with E-state index in [9.17, 15) is 8.78 Å². The molecule has 0 spiro atoms. The fraction of sp³-hybridized carbons (Fsp3) is 0.462. The first kappa shape index (κ1) is 11.8. The van der Waals surface area contributed by atoms with Crippen LogP contribution in [0.1, 0.15) is 25.7 Å². The van der Waals surface area contributed by atoms with E-state index in [0.29, 0.717) is 0 Å². The Labute approximate surface area is 99.3 Å². The molecule has 1 aromatic rings. The second kappa shape index (κ2) is 5.13. The van der Waals surface area contributed by atoms with Gasteiger partial charge in [0, 0.05) is 12.0 Å². The molecule has 0 radical (unpaired) electrons. The van der Waals surface area contributed by atoms with Crippen molar-refractivity contribution in [3.8, 4) is 6.07 Å². The van der Waals surface area contributed by atoms with Crippen LogP contribution in [0.3, 0.4) is 0 Å². The Balaban J connectivity index is 1.98. The van der Waals surface area contributed by atoms with Crippen LogP contribution in [0.5, 0.6) is 0 Å². The van der Waals surface area contributed by atoms with Crippen LogP contribution in [0, 0.1) is 28.9 Å². The first-order valence-electron chi connectivity index (χ1n) is 5.80. The van der Waals surface area contributed by atoms with E-state index in [1.54, 1.807) is 0 Å². The van der Waals surface area contributed by atoms with Crippen LogP contribution in [0.2, 0.25) is 0 Å². The number of nitrogens with one attached hydrogen (secondary N) is 1. The van der Waals surface area contributed by atoms with Crippen molar-refractivity contribution in [2.24, 2.45) is 5.92 Å². The molecule has 1 aliphatic carbocycles. The normalized spacial score (nSPS) is 24.1. The van der Waals surface area contributed by atoms with Crippen molar-refractivity contribution in [1.29, 1.82) is 5.26 Å². The standard InChI is InChI=1S/C13H14F2N2/c14-10-3-6-12(15)13(7-10)17-11-4-1-9(8-16)2-5-11/h3,6-7,9,11,17H,1-2,4-5H2. The van der Waals surface area contributed by atoms with E-state index in [1.165, 1.54) is 6.07 Å². The summed E-state index contributed by atoms with van der Waals surface area (Å²) in [5.74, 6) is -0.765. The van der Waals surface area contributed by atoms with Crippen LogP contribution < -0.4 is 5.32 Å². The molecule has 2 nitrogen and oxygen atoms in total. The number of benzene rings is 1. The van der Waals surface area contributed by atoms with Crippen LogP contribution in [0.25, 0.3) is 0 Å². The first-order chi connectivity index (χ1) is 8.19. The Hall–Kier alpha value is -1.63. The van der Waals surface area contributed by atoms with E-state index in [4.69, 9.17) is 5.26 Å². The Morgan fingerprint density at radius 1 is 1.18 bits per heavy atom. The molecule has 0 saturated heterocycles. The molecule has 0 heterocycles. The lowest BCUT2D eigenvalue weighted by molar-refractivity contribution is 0.396. The molecule has 0 amide bonds. The van der Waals surface area contributed by atoms with E-state index in [0.717, 1.165) is 37.8 Å². The molecular formula is C13H14F2N2. The summed E-state index contributed by atoms with van der Waals surface area (Å²) in [6.45, 7) is 0. The highest BCUT2D eigenvalue weighted by atomic mass is 19.1. The molecular weight excluding hydrogens is 222 g/mol. The van der Waals surface area contributed by atoms with Gasteiger partial charge in [0.2, 0.25) is 0 Å². The predicted molar refractivity (Wildman–Crippen MR) is 61.3 cm³/mol. The van der Waals surface area contributed by atoms with Crippen molar-refractivity contribution >= 4 is 5.69 Å². The summed E-state index contributed by atoms with van der Waals surface area (Å²) < 4.78 is 26.4. The van der Waals surface area contributed by atoms with Gasteiger partial charge in [0.25, 0.3) is 0 Å². The summed E-state index contributed by atoms with van der Waals surface area (Å²) >= 11 is 0. The number of nitrogens with zero attached hydrogens (tertiary/aromatic N) is 1. The predicted octanol–water partition coefficient (Wildman–Crippen LogP) is 3.46. The molecule has 1 N–H and O–H groups in total. The third-order valence-corrected chi connectivity index (χ3v) is 3.20. The van der Waals surface area contributed by atoms with Gasteiger partial charge in [0.1, 0.15) is 11.6 Å². The molecule has 0 atom stereocenters. The molecule has 0 bridgehead atoms. The second-order valence-electron chi connectivity index (χ2n) is 4.45. The van der Waals surface area contributed by atoms with Gasteiger partial charge < -0.3 is 5.32 Å². The van der Waals surface area contributed by atoms with Gasteiger partial charge in [-0.2, -0.15) is 5.26 Å². The average Bonchev–Trinajstić information content (AvgIpc) is 2.35. The lowest BCUT2D eigenvalue weighted by Gasteiger charge is -2.26. The van der Waals surface area contributed by atoms with E-state index < -0.39 is 11.6 Å². The van der Waals surface area contributed by atoms with Crippen molar-refractivity contribution in [3.05, 3.63) is 29.8 Å². The fourth-order valence-electron chi connectivity index (χ4n) is 2.19. The van der Waals surface area contributed by atoms with Crippen molar-refractivity contribution in [2.75, 3.05) is 5.32 Å². The number of hydrogen-bond acceptors (Lipinski definition) is 2. The summed E-state index contributed by atoms with van der Waals surface area (Å²) in [5.41, 5.74) is 0.213. The van der Waals surface area contributed by atoms with Gasteiger partial charge in [-0.25, -0.2) is 8.78 Å². The van der Waals surface area contributed by atoms with Gasteiger partial charge >= 0.3 is 0 Å². The zero-order valence-electron chi connectivity index (χ0n) is 9.42. The molecule has 2 rings (SSSR count). The topological polar surface area (TPSA) is 35.8 Å². The summed E-state index contributed by atoms with van der Waals surface area (Å²) in [5, 5.41) is 11.8. The molecule has 0 aromatic heterocycles. The monoisotopic (exact) mass is 236 g/mol. The average molecular weight is 236 g/mol. The van der Waals surface area contributed by atoms with Crippen LogP contribution in [-0.2, 0) is 0 Å². The number of nitriles is 1.